The molecule has 0 heterocycles. The van der Waals surface area contributed by atoms with Gasteiger partial charge in [0.1, 0.15) is 0 Å². The Hall–Kier alpha value is -0.410. The van der Waals surface area contributed by atoms with Gasteiger partial charge in [0, 0.05) is 27.1 Å². The van der Waals surface area contributed by atoms with E-state index in [2.05, 4.69) is 6.92 Å². The first-order valence-electron chi connectivity index (χ1n) is 4.28. The summed E-state index contributed by atoms with van der Waals surface area (Å²) >= 11 is 0. The van der Waals surface area contributed by atoms with Crippen molar-refractivity contribution < 1.29 is 14.3 Å². The zero-order valence-corrected chi connectivity index (χ0v) is 7.92. The van der Waals surface area contributed by atoms with E-state index in [1.54, 1.807) is 0 Å². The average molecular weight is 172 g/mol. The number of hydrogen-bond donors (Lipinski definition) is 0. The standard InChI is InChI=1S/C9H16O3/c1-7-4-5-9(11-2,12-3)8(10)6-7/h7H,4-6H2,1-3H3. The predicted molar refractivity (Wildman–Crippen MR) is 44.8 cm³/mol. The molecule has 1 unspecified atom stereocenters. The molecule has 0 radical (unpaired) electrons. The molecule has 1 aliphatic carbocycles. The lowest BCUT2D eigenvalue weighted by atomic mass is 9.85. The molecule has 0 bridgehead atoms. The highest BCUT2D eigenvalue weighted by atomic mass is 16.7. The largest absolute Gasteiger partial charge is 0.347 e. The lowest BCUT2D eigenvalue weighted by molar-refractivity contribution is -0.217. The fourth-order valence-corrected chi connectivity index (χ4v) is 1.67. The van der Waals surface area contributed by atoms with Gasteiger partial charge in [0.25, 0.3) is 0 Å². The second-order valence-electron chi connectivity index (χ2n) is 3.43. The van der Waals surface area contributed by atoms with Crippen molar-refractivity contribution in [2.75, 3.05) is 14.2 Å². The monoisotopic (exact) mass is 172 g/mol. The molecule has 3 nitrogen and oxygen atoms in total. The van der Waals surface area contributed by atoms with Crippen molar-refractivity contribution in [2.45, 2.75) is 32.0 Å². The van der Waals surface area contributed by atoms with E-state index in [4.69, 9.17) is 9.47 Å². The molecule has 0 amide bonds. The van der Waals surface area contributed by atoms with Gasteiger partial charge in [0.05, 0.1) is 0 Å². The highest BCUT2D eigenvalue weighted by Crippen LogP contribution is 2.31. The van der Waals surface area contributed by atoms with Crippen LogP contribution >= 0.6 is 0 Å². The molecule has 0 aromatic rings. The zero-order chi connectivity index (χ0) is 9.19. The first-order chi connectivity index (χ1) is 5.64. The number of ether oxygens (including phenoxy) is 2. The van der Waals surface area contributed by atoms with Crippen LogP contribution in [0.3, 0.4) is 0 Å². The first-order valence-corrected chi connectivity index (χ1v) is 4.28. The van der Waals surface area contributed by atoms with Crippen molar-refractivity contribution in [1.29, 1.82) is 0 Å². The number of Topliss-reactive ketones (excluding diaryl/α,β-unsaturated/α-hetero) is 1. The molecule has 70 valence electrons. The van der Waals surface area contributed by atoms with Crippen LogP contribution in [0, 0.1) is 5.92 Å². The molecule has 0 aliphatic heterocycles. The number of ketones is 1. The Kier molecular flexibility index (Phi) is 2.85. The van der Waals surface area contributed by atoms with Crippen molar-refractivity contribution in [1.82, 2.24) is 0 Å². The van der Waals surface area contributed by atoms with Crippen LogP contribution in [0.25, 0.3) is 0 Å². The topological polar surface area (TPSA) is 35.5 Å². The SMILES string of the molecule is COC1(OC)CCC(C)CC1=O. The Morgan fingerprint density at radius 1 is 1.42 bits per heavy atom. The predicted octanol–water partition coefficient (Wildman–Crippen LogP) is 1.36. The number of carbonyl (C=O) groups is 1. The summed E-state index contributed by atoms with van der Waals surface area (Å²) in [4.78, 5) is 11.5. The van der Waals surface area contributed by atoms with E-state index in [-0.39, 0.29) is 5.78 Å². The van der Waals surface area contributed by atoms with Crippen molar-refractivity contribution in [3.8, 4) is 0 Å². The van der Waals surface area contributed by atoms with Gasteiger partial charge in [0.15, 0.2) is 5.78 Å². The minimum Gasteiger partial charge on any atom is -0.347 e. The van der Waals surface area contributed by atoms with Crippen LogP contribution in [-0.2, 0) is 14.3 Å². The van der Waals surface area contributed by atoms with Crippen molar-refractivity contribution >= 4 is 5.78 Å². The summed E-state index contributed by atoms with van der Waals surface area (Å²) in [5.41, 5.74) is 0. The maximum Gasteiger partial charge on any atom is 0.228 e. The summed E-state index contributed by atoms with van der Waals surface area (Å²) in [6.07, 6.45) is 2.25. The third-order valence-electron chi connectivity index (χ3n) is 2.58. The Balaban J connectivity index is 2.71. The molecule has 0 N–H and O–H groups in total. The van der Waals surface area contributed by atoms with Crippen LogP contribution in [0.15, 0.2) is 0 Å². The smallest absolute Gasteiger partial charge is 0.228 e. The highest BCUT2D eigenvalue weighted by Gasteiger charge is 2.42. The number of carbonyl (C=O) groups excluding carboxylic acids is 1. The van der Waals surface area contributed by atoms with Gasteiger partial charge < -0.3 is 9.47 Å². The molecule has 0 spiro atoms. The van der Waals surface area contributed by atoms with Crippen molar-refractivity contribution in [3.05, 3.63) is 0 Å². The van der Waals surface area contributed by atoms with Crippen molar-refractivity contribution in [2.24, 2.45) is 5.92 Å². The second-order valence-corrected chi connectivity index (χ2v) is 3.43. The number of rotatable bonds is 2. The van der Waals surface area contributed by atoms with Crippen LogP contribution in [0.1, 0.15) is 26.2 Å². The quantitative estimate of drug-likeness (QED) is 0.590. The third-order valence-corrected chi connectivity index (χ3v) is 2.58. The van der Waals surface area contributed by atoms with E-state index >= 15 is 0 Å². The van der Waals surface area contributed by atoms with E-state index in [9.17, 15) is 4.79 Å². The lowest BCUT2D eigenvalue weighted by Crippen LogP contribution is -2.46. The summed E-state index contributed by atoms with van der Waals surface area (Å²) in [6, 6.07) is 0. The van der Waals surface area contributed by atoms with Gasteiger partial charge in [0.2, 0.25) is 5.79 Å². The van der Waals surface area contributed by atoms with E-state index < -0.39 is 5.79 Å². The highest BCUT2D eigenvalue weighted by molar-refractivity contribution is 5.86. The zero-order valence-electron chi connectivity index (χ0n) is 7.92. The molecule has 0 saturated heterocycles. The molecule has 1 fully saturated rings. The Bertz CT molecular complexity index is 173. The Morgan fingerprint density at radius 2 is 2.00 bits per heavy atom. The lowest BCUT2D eigenvalue weighted by Gasteiger charge is -2.34. The summed E-state index contributed by atoms with van der Waals surface area (Å²) in [7, 11) is 3.05. The van der Waals surface area contributed by atoms with E-state index in [1.165, 1.54) is 14.2 Å². The van der Waals surface area contributed by atoms with E-state index in [0.29, 0.717) is 18.8 Å². The number of methoxy groups -OCH3 is 2. The van der Waals surface area contributed by atoms with Gasteiger partial charge in [-0.1, -0.05) is 6.92 Å². The maximum absolute atomic E-state index is 11.5. The van der Waals surface area contributed by atoms with Gasteiger partial charge in [-0.2, -0.15) is 0 Å². The number of hydrogen-bond acceptors (Lipinski definition) is 3. The van der Waals surface area contributed by atoms with Gasteiger partial charge >= 0.3 is 0 Å². The van der Waals surface area contributed by atoms with E-state index in [0.717, 1.165) is 6.42 Å². The first kappa shape index (κ1) is 9.68. The Labute approximate surface area is 73.0 Å². The molecule has 1 saturated carbocycles. The van der Waals surface area contributed by atoms with E-state index in [1.807, 2.05) is 0 Å². The van der Waals surface area contributed by atoms with Gasteiger partial charge in [-0.05, 0) is 12.3 Å². The molecule has 1 aliphatic rings. The third kappa shape index (κ3) is 1.52. The summed E-state index contributed by atoms with van der Waals surface area (Å²) < 4.78 is 10.2. The maximum atomic E-state index is 11.5. The van der Waals surface area contributed by atoms with Gasteiger partial charge in [-0.3, -0.25) is 4.79 Å². The normalized spacial score (nSPS) is 28.9. The molecule has 0 aromatic carbocycles. The van der Waals surface area contributed by atoms with Crippen LogP contribution in [0.4, 0.5) is 0 Å². The minimum atomic E-state index is -0.938. The summed E-state index contributed by atoms with van der Waals surface area (Å²) in [5, 5.41) is 0. The molecule has 1 atom stereocenters. The summed E-state index contributed by atoms with van der Waals surface area (Å²) in [6.45, 7) is 2.08. The fraction of sp³-hybridized carbons (Fsp3) is 0.889. The fourth-order valence-electron chi connectivity index (χ4n) is 1.67. The van der Waals surface area contributed by atoms with Crippen LogP contribution < -0.4 is 0 Å². The van der Waals surface area contributed by atoms with Crippen LogP contribution in [-0.4, -0.2) is 25.8 Å². The molecule has 1 rings (SSSR count). The van der Waals surface area contributed by atoms with Gasteiger partial charge in [-0.15, -0.1) is 0 Å². The van der Waals surface area contributed by atoms with Crippen LogP contribution in [0.5, 0.6) is 0 Å². The van der Waals surface area contributed by atoms with Crippen LogP contribution in [0.2, 0.25) is 0 Å². The Morgan fingerprint density at radius 3 is 2.42 bits per heavy atom. The minimum absolute atomic E-state index is 0.0752. The molecule has 3 heteroatoms. The second kappa shape index (κ2) is 3.54. The van der Waals surface area contributed by atoms with Crippen molar-refractivity contribution in [3.63, 3.8) is 0 Å². The molecular formula is C9H16O3. The molecular weight excluding hydrogens is 156 g/mol. The van der Waals surface area contributed by atoms with Gasteiger partial charge in [-0.25, -0.2) is 0 Å². The summed E-state index contributed by atoms with van der Waals surface area (Å²) in [5.74, 6) is -0.394. The average Bonchev–Trinajstić information content (AvgIpc) is 2.06. The molecule has 0 aromatic heterocycles. The molecule has 12 heavy (non-hydrogen) atoms.